The van der Waals surface area contributed by atoms with Crippen LogP contribution in [0.5, 0.6) is 5.75 Å². The van der Waals surface area contributed by atoms with Crippen LogP contribution in [0.1, 0.15) is 64.4 Å². The Hall–Kier alpha value is -4.68. The van der Waals surface area contributed by atoms with Gasteiger partial charge < -0.3 is 20.3 Å². The molecule has 2 aliphatic heterocycles. The molecular weight excluding hydrogens is 565 g/mol. The SMILES string of the molecule is C=CC(=O)N1CCc2nn(-c3ccc(C(C)C)cc3)c3c2C(C1)N(C(=O)c1cnc(C(F)(F)F)c(OCC(N)=O)c1)CC3. The van der Waals surface area contributed by atoms with Gasteiger partial charge in [0.15, 0.2) is 18.1 Å². The number of nitrogens with two attached hydrogens (primary N) is 1. The van der Waals surface area contributed by atoms with Crippen LogP contribution in [-0.4, -0.2) is 68.5 Å². The zero-order valence-corrected chi connectivity index (χ0v) is 23.7. The van der Waals surface area contributed by atoms with Crippen molar-refractivity contribution in [1.82, 2.24) is 24.6 Å². The summed E-state index contributed by atoms with van der Waals surface area (Å²) in [5.41, 5.74) is 8.02. The fraction of sp³-hybridized carbons (Fsp3) is 0.367. The predicted octanol–water partition coefficient (Wildman–Crippen LogP) is 3.58. The number of alkyl halides is 3. The van der Waals surface area contributed by atoms with E-state index in [1.54, 1.807) is 4.90 Å². The average Bonchev–Trinajstić information content (AvgIpc) is 3.24. The summed E-state index contributed by atoms with van der Waals surface area (Å²) in [5, 5.41) is 4.91. The maximum Gasteiger partial charge on any atom is 0.437 e. The monoisotopic (exact) mass is 596 g/mol. The van der Waals surface area contributed by atoms with Crippen LogP contribution in [0.25, 0.3) is 5.69 Å². The van der Waals surface area contributed by atoms with E-state index in [4.69, 9.17) is 15.6 Å². The molecule has 0 bridgehead atoms. The maximum absolute atomic E-state index is 13.9. The lowest BCUT2D eigenvalue weighted by Gasteiger charge is -2.38. The van der Waals surface area contributed by atoms with E-state index in [1.165, 1.54) is 16.5 Å². The largest absolute Gasteiger partial charge is 0.481 e. The first-order valence-corrected chi connectivity index (χ1v) is 13.8. The molecular formula is C30H31F3N6O4. The van der Waals surface area contributed by atoms with Crippen molar-refractivity contribution in [2.45, 2.75) is 44.8 Å². The normalized spacial score (nSPS) is 16.5. The lowest BCUT2D eigenvalue weighted by Crippen LogP contribution is -2.45. The summed E-state index contributed by atoms with van der Waals surface area (Å²) < 4.78 is 47.6. The van der Waals surface area contributed by atoms with Gasteiger partial charge in [0, 0.05) is 44.2 Å². The van der Waals surface area contributed by atoms with E-state index in [2.05, 4.69) is 37.5 Å². The molecule has 4 heterocycles. The molecule has 3 amide bonds. The molecule has 1 unspecified atom stereocenters. The summed E-state index contributed by atoms with van der Waals surface area (Å²) in [5.74, 6) is -2.31. The number of aromatic nitrogens is 3. The van der Waals surface area contributed by atoms with E-state index < -0.39 is 42.1 Å². The molecule has 13 heteroatoms. The zero-order valence-electron chi connectivity index (χ0n) is 23.7. The van der Waals surface area contributed by atoms with Crippen LogP contribution < -0.4 is 10.5 Å². The van der Waals surface area contributed by atoms with Crippen molar-refractivity contribution in [3.05, 3.63) is 83.0 Å². The lowest BCUT2D eigenvalue weighted by molar-refractivity contribution is -0.143. The minimum absolute atomic E-state index is 0.146. The van der Waals surface area contributed by atoms with Gasteiger partial charge in [-0.05, 0) is 35.8 Å². The van der Waals surface area contributed by atoms with Gasteiger partial charge in [0.1, 0.15) is 0 Å². The lowest BCUT2D eigenvalue weighted by atomic mass is 9.94. The van der Waals surface area contributed by atoms with Crippen LogP contribution in [0.15, 0.2) is 49.2 Å². The zero-order chi connectivity index (χ0) is 31.1. The van der Waals surface area contributed by atoms with E-state index in [-0.39, 0.29) is 24.6 Å². The Morgan fingerprint density at radius 1 is 1.16 bits per heavy atom. The van der Waals surface area contributed by atoms with E-state index in [0.717, 1.165) is 34.9 Å². The highest BCUT2D eigenvalue weighted by Gasteiger charge is 2.41. The van der Waals surface area contributed by atoms with Crippen molar-refractivity contribution in [1.29, 1.82) is 0 Å². The van der Waals surface area contributed by atoms with E-state index in [1.807, 2.05) is 16.8 Å². The summed E-state index contributed by atoms with van der Waals surface area (Å²) in [4.78, 5) is 44.4. The van der Waals surface area contributed by atoms with E-state index >= 15 is 0 Å². The van der Waals surface area contributed by atoms with Crippen molar-refractivity contribution in [2.75, 3.05) is 26.2 Å². The van der Waals surface area contributed by atoms with E-state index in [9.17, 15) is 27.6 Å². The quantitative estimate of drug-likeness (QED) is 0.416. The first-order chi connectivity index (χ1) is 20.4. The molecule has 1 atom stereocenters. The molecule has 10 nitrogen and oxygen atoms in total. The standard InChI is InChI=1S/C30H31F3N6O4/c1-4-26(41)37-11-9-21-27-22(39(36-21)20-7-5-18(6-8-20)17(2)3)10-12-38(23(27)15-37)29(42)19-13-24(43-16-25(34)40)28(35-14-19)30(31,32)33/h4-8,13-14,17,23H,1,9-12,15-16H2,2-3H3,(H2,34,40). The van der Waals surface area contributed by atoms with Crippen molar-refractivity contribution in [3.8, 4) is 11.4 Å². The highest BCUT2D eigenvalue weighted by molar-refractivity contribution is 5.95. The number of halogens is 3. The minimum Gasteiger partial charge on any atom is -0.481 e. The molecule has 0 spiro atoms. The van der Waals surface area contributed by atoms with Gasteiger partial charge in [0.25, 0.3) is 11.8 Å². The predicted molar refractivity (Wildman–Crippen MR) is 150 cm³/mol. The van der Waals surface area contributed by atoms with Gasteiger partial charge in [-0.3, -0.25) is 14.4 Å². The van der Waals surface area contributed by atoms with Crippen molar-refractivity contribution in [3.63, 3.8) is 0 Å². The first kappa shape index (κ1) is 29.8. The summed E-state index contributed by atoms with van der Waals surface area (Å²) in [7, 11) is 0. The van der Waals surface area contributed by atoms with Crippen LogP contribution in [-0.2, 0) is 28.6 Å². The van der Waals surface area contributed by atoms with E-state index in [0.29, 0.717) is 25.3 Å². The van der Waals surface area contributed by atoms with Gasteiger partial charge in [-0.25, -0.2) is 9.67 Å². The van der Waals surface area contributed by atoms with Crippen LogP contribution in [0, 0.1) is 0 Å². The van der Waals surface area contributed by atoms with Crippen LogP contribution in [0.2, 0.25) is 0 Å². The number of ether oxygens (including phenoxy) is 1. The number of pyridine rings is 1. The number of nitrogens with zero attached hydrogens (tertiary/aromatic N) is 5. The molecule has 2 N–H and O–H groups in total. The topological polar surface area (TPSA) is 124 Å². The van der Waals surface area contributed by atoms with Crippen LogP contribution in [0.3, 0.4) is 0 Å². The van der Waals surface area contributed by atoms with Gasteiger partial charge in [-0.15, -0.1) is 0 Å². The third kappa shape index (κ3) is 5.84. The van der Waals surface area contributed by atoms with Crippen LogP contribution in [0.4, 0.5) is 13.2 Å². The Bertz CT molecular complexity index is 1580. The van der Waals surface area contributed by atoms with Crippen LogP contribution >= 0.6 is 0 Å². The number of primary amides is 1. The highest BCUT2D eigenvalue weighted by Crippen LogP contribution is 2.39. The summed E-state index contributed by atoms with van der Waals surface area (Å²) >= 11 is 0. The molecule has 0 saturated heterocycles. The number of carbonyl (C=O) groups excluding carboxylic acids is 3. The van der Waals surface area contributed by atoms with Gasteiger partial charge in [-0.1, -0.05) is 32.6 Å². The number of hydrogen-bond acceptors (Lipinski definition) is 6. The first-order valence-electron chi connectivity index (χ1n) is 13.8. The summed E-state index contributed by atoms with van der Waals surface area (Å²) in [6.45, 7) is 7.70. The second-order valence-corrected chi connectivity index (χ2v) is 10.8. The van der Waals surface area contributed by atoms with Gasteiger partial charge in [0.05, 0.1) is 28.7 Å². The van der Waals surface area contributed by atoms with Gasteiger partial charge in [-0.2, -0.15) is 18.3 Å². The second-order valence-electron chi connectivity index (χ2n) is 10.8. The fourth-order valence-electron chi connectivity index (χ4n) is 5.58. The molecule has 226 valence electrons. The molecule has 43 heavy (non-hydrogen) atoms. The number of benzene rings is 1. The molecule has 0 aliphatic carbocycles. The highest BCUT2D eigenvalue weighted by atomic mass is 19.4. The Balaban J connectivity index is 1.55. The third-order valence-electron chi connectivity index (χ3n) is 7.70. The van der Waals surface area contributed by atoms with Crippen molar-refractivity contribution >= 4 is 17.7 Å². The molecule has 3 aromatic rings. The number of hydrogen-bond donors (Lipinski definition) is 1. The molecule has 0 radical (unpaired) electrons. The Morgan fingerprint density at radius 3 is 2.51 bits per heavy atom. The van der Waals surface area contributed by atoms with Gasteiger partial charge >= 0.3 is 6.18 Å². The molecule has 0 saturated carbocycles. The Kier molecular flexibility index (Phi) is 8.00. The van der Waals surface area contributed by atoms with Crippen molar-refractivity contribution < 1.29 is 32.3 Å². The summed E-state index contributed by atoms with van der Waals surface area (Å²) in [6, 6.07) is 8.39. The third-order valence-corrected chi connectivity index (χ3v) is 7.70. The van der Waals surface area contributed by atoms with Crippen molar-refractivity contribution in [2.24, 2.45) is 5.73 Å². The number of amides is 3. The average molecular weight is 597 g/mol. The second kappa shape index (κ2) is 11.5. The van der Waals surface area contributed by atoms with Gasteiger partial charge in [0.2, 0.25) is 5.91 Å². The Morgan fingerprint density at radius 2 is 1.88 bits per heavy atom. The number of carbonyl (C=O) groups is 3. The fourth-order valence-corrected chi connectivity index (χ4v) is 5.58. The smallest absolute Gasteiger partial charge is 0.437 e. The summed E-state index contributed by atoms with van der Waals surface area (Å²) in [6.07, 6.45) is -1.98. The molecule has 5 rings (SSSR count). The molecule has 2 aromatic heterocycles. The number of rotatable bonds is 7. The maximum atomic E-state index is 13.9. The molecule has 2 aliphatic rings. The molecule has 1 aromatic carbocycles. The minimum atomic E-state index is -4.89. The molecule has 0 fully saturated rings. The Labute approximate surface area is 245 Å².